The van der Waals surface area contributed by atoms with E-state index >= 15 is 0 Å². The summed E-state index contributed by atoms with van der Waals surface area (Å²) < 4.78 is 14.1. The highest BCUT2D eigenvalue weighted by atomic mass is 127. The van der Waals surface area contributed by atoms with Crippen molar-refractivity contribution in [1.29, 1.82) is 0 Å². The van der Waals surface area contributed by atoms with Crippen molar-refractivity contribution in [3.05, 3.63) is 34.6 Å². The molecule has 0 spiro atoms. The molecule has 0 saturated heterocycles. The van der Waals surface area contributed by atoms with E-state index < -0.39 is 11.6 Å². The van der Waals surface area contributed by atoms with Gasteiger partial charge in [-0.2, -0.15) is 0 Å². The van der Waals surface area contributed by atoms with Crippen LogP contribution in [0.4, 0.5) is 4.39 Å². The van der Waals surface area contributed by atoms with E-state index in [1.165, 1.54) is 6.07 Å². The molecule has 0 aliphatic heterocycles. The monoisotopic (exact) mass is 352 g/mol. The molecular weight excluding hydrogens is 341 g/mol. The third kappa shape index (κ3) is 2.35. The fourth-order valence-electron chi connectivity index (χ4n) is 1.83. The van der Waals surface area contributed by atoms with E-state index in [1.807, 2.05) is 0 Å². The number of alkyl halides is 1. The summed E-state index contributed by atoms with van der Waals surface area (Å²) in [6.45, 7) is 0. The molecule has 16 heavy (non-hydrogen) atoms. The van der Waals surface area contributed by atoms with Crippen molar-refractivity contribution >= 4 is 39.8 Å². The summed E-state index contributed by atoms with van der Waals surface area (Å²) >= 11 is 8.31. The van der Waals surface area contributed by atoms with Crippen molar-refractivity contribution in [2.75, 3.05) is 0 Å². The van der Waals surface area contributed by atoms with Crippen molar-refractivity contribution in [1.82, 2.24) is 0 Å². The SMILES string of the molecule is Oc1ccc(C2=CCC(I)CC2)c(Cl)c1F. The van der Waals surface area contributed by atoms with Gasteiger partial charge in [0, 0.05) is 3.92 Å². The minimum atomic E-state index is -0.725. The molecule has 2 rings (SSSR count). The Balaban J connectivity index is 2.38. The second kappa shape index (κ2) is 4.92. The van der Waals surface area contributed by atoms with Crippen LogP contribution in [0.25, 0.3) is 5.57 Å². The van der Waals surface area contributed by atoms with Gasteiger partial charge in [-0.1, -0.05) is 40.3 Å². The normalized spacial score (nSPS) is 20.7. The van der Waals surface area contributed by atoms with Crippen molar-refractivity contribution < 1.29 is 9.50 Å². The fraction of sp³-hybridized carbons (Fsp3) is 0.333. The molecule has 1 nitrogen and oxygen atoms in total. The molecule has 1 atom stereocenters. The van der Waals surface area contributed by atoms with Crippen LogP contribution in [0.1, 0.15) is 24.8 Å². The van der Waals surface area contributed by atoms with Crippen molar-refractivity contribution in [3.63, 3.8) is 0 Å². The van der Waals surface area contributed by atoms with E-state index in [4.69, 9.17) is 11.6 Å². The molecule has 1 aromatic carbocycles. The molecule has 1 aromatic rings. The highest BCUT2D eigenvalue weighted by molar-refractivity contribution is 14.1. The largest absolute Gasteiger partial charge is 0.505 e. The lowest BCUT2D eigenvalue weighted by molar-refractivity contribution is 0.432. The van der Waals surface area contributed by atoms with Crippen LogP contribution in [-0.4, -0.2) is 9.03 Å². The highest BCUT2D eigenvalue weighted by Crippen LogP contribution is 2.36. The van der Waals surface area contributed by atoms with Gasteiger partial charge in [0.25, 0.3) is 0 Å². The number of phenolic OH excluding ortho intramolecular Hbond substituents is 1. The molecular formula is C12H11ClFIO. The Bertz CT molecular complexity index is 445. The van der Waals surface area contributed by atoms with Gasteiger partial charge < -0.3 is 5.11 Å². The molecule has 1 unspecified atom stereocenters. The van der Waals surface area contributed by atoms with Crippen LogP contribution < -0.4 is 0 Å². The number of rotatable bonds is 1. The predicted molar refractivity (Wildman–Crippen MR) is 72.7 cm³/mol. The molecule has 1 aliphatic carbocycles. The summed E-state index contributed by atoms with van der Waals surface area (Å²) in [5.74, 6) is -1.12. The predicted octanol–water partition coefficient (Wildman–Crippen LogP) is 4.56. The topological polar surface area (TPSA) is 20.2 Å². The van der Waals surface area contributed by atoms with E-state index in [1.54, 1.807) is 6.07 Å². The lowest BCUT2D eigenvalue weighted by Crippen LogP contribution is -2.03. The Hall–Kier alpha value is -0.290. The third-order valence-electron chi connectivity index (χ3n) is 2.75. The van der Waals surface area contributed by atoms with Crippen molar-refractivity contribution in [2.45, 2.75) is 23.2 Å². The first-order valence-corrected chi connectivity index (χ1v) is 6.72. The second-order valence-corrected chi connectivity index (χ2v) is 6.00. The molecule has 0 fully saturated rings. The molecule has 0 radical (unpaired) electrons. The smallest absolute Gasteiger partial charge is 0.183 e. The molecule has 0 heterocycles. The number of allylic oxidation sites excluding steroid dienone is 2. The lowest BCUT2D eigenvalue weighted by Gasteiger charge is -2.18. The van der Waals surface area contributed by atoms with E-state index in [0.717, 1.165) is 24.8 Å². The van der Waals surface area contributed by atoms with Gasteiger partial charge in [0.2, 0.25) is 0 Å². The van der Waals surface area contributed by atoms with Gasteiger partial charge in [-0.25, -0.2) is 4.39 Å². The maximum atomic E-state index is 13.4. The number of halogens is 3. The maximum absolute atomic E-state index is 13.4. The van der Waals surface area contributed by atoms with Crippen LogP contribution in [0, 0.1) is 5.82 Å². The molecule has 0 saturated carbocycles. The number of benzene rings is 1. The van der Waals surface area contributed by atoms with Gasteiger partial charge in [-0.3, -0.25) is 0 Å². The summed E-state index contributed by atoms with van der Waals surface area (Å²) in [5.41, 5.74) is 1.79. The molecule has 0 aromatic heterocycles. The summed E-state index contributed by atoms with van der Waals surface area (Å²) in [5, 5.41) is 9.21. The van der Waals surface area contributed by atoms with Crippen LogP contribution in [-0.2, 0) is 0 Å². The van der Waals surface area contributed by atoms with Gasteiger partial charge in [0.05, 0.1) is 5.02 Å². The van der Waals surface area contributed by atoms with Gasteiger partial charge in [-0.05, 0) is 42.5 Å². The Morgan fingerprint density at radius 3 is 2.81 bits per heavy atom. The van der Waals surface area contributed by atoms with Crippen molar-refractivity contribution in [3.8, 4) is 5.75 Å². The van der Waals surface area contributed by atoms with Gasteiger partial charge in [-0.15, -0.1) is 0 Å². The molecule has 0 amide bonds. The Morgan fingerprint density at radius 2 is 2.19 bits per heavy atom. The minimum Gasteiger partial charge on any atom is -0.505 e. The second-order valence-electron chi connectivity index (χ2n) is 3.86. The van der Waals surface area contributed by atoms with Crippen LogP contribution in [0.2, 0.25) is 5.02 Å². The third-order valence-corrected chi connectivity index (χ3v) is 4.26. The van der Waals surface area contributed by atoms with Crippen LogP contribution >= 0.6 is 34.2 Å². The van der Waals surface area contributed by atoms with Gasteiger partial charge in [0.1, 0.15) is 0 Å². The van der Waals surface area contributed by atoms with E-state index in [0.29, 0.717) is 9.49 Å². The summed E-state index contributed by atoms with van der Waals surface area (Å²) in [6.07, 6.45) is 5.11. The van der Waals surface area contributed by atoms with Crippen LogP contribution in [0.15, 0.2) is 18.2 Å². The van der Waals surface area contributed by atoms with Crippen LogP contribution in [0.5, 0.6) is 5.75 Å². The number of hydrogen-bond acceptors (Lipinski definition) is 1. The first-order valence-electron chi connectivity index (χ1n) is 5.10. The van der Waals surface area contributed by atoms with E-state index in [9.17, 15) is 9.50 Å². The lowest BCUT2D eigenvalue weighted by atomic mass is 9.93. The summed E-state index contributed by atoms with van der Waals surface area (Å²) in [4.78, 5) is 0. The average Bonchev–Trinajstić information content (AvgIpc) is 2.28. The molecule has 1 N–H and O–H groups in total. The number of hydrogen-bond donors (Lipinski definition) is 1. The molecule has 0 bridgehead atoms. The van der Waals surface area contributed by atoms with Crippen molar-refractivity contribution in [2.24, 2.45) is 0 Å². The highest BCUT2D eigenvalue weighted by Gasteiger charge is 2.17. The van der Waals surface area contributed by atoms with E-state index in [2.05, 4.69) is 28.7 Å². The Kier molecular flexibility index (Phi) is 3.74. The molecule has 4 heteroatoms. The molecule has 1 aliphatic rings. The zero-order valence-corrected chi connectivity index (χ0v) is 11.4. The van der Waals surface area contributed by atoms with Gasteiger partial charge in [0.15, 0.2) is 11.6 Å². The summed E-state index contributed by atoms with van der Waals surface area (Å²) in [7, 11) is 0. The fourth-order valence-corrected chi connectivity index (χ4v) is 2.68. The maximum Gasteiger partial charge on any atom is 0.183 e. The Morgan fingerprint density at radius 1 is 1.44 bits per heavy atom. The zero-order chi connectivity index (χ0) is 11.7. The quantitative estimate of drug-likeness (QED) is 0.580. The number of aromatic hydroxyl groups is 1. The minimum absolute atomic E-state index is 0.0261. The first-order chi connectivity index (χ1) is 7.59. The van der Waals surface area contributed by atoms with Crippen LogP contribution in [0.3, 0.4) is 0 Å². The first kappa shape index (κ1) is 12.2. The Labute approximate surface area is 112 Å². The standard InChI is InChI=1S/C12H11ClFIO/c13-11-9(5-6-10(16)12(11)14)7-1-3-8(15)4-2-7/h1,5-6,8,16H,2-4H2. The zero-order valence-electron chi connectivity index (χ0n) is 8.51. The molecule has 86 valence electrons. The average molecular weight is 353 g/mol. The summed E-state index contributed by atoms with van der Waals surface area (Å²) in [6, 6.07) is 3.04. The van der Waals surface area contributed by atoms with Gasteiger partial charge >= 0.3 is 0 Å². The number of phenols is 1. The van der Waals surface area contributed by atoms with E-state index in [-0.39, 0.29) is 5.02 Å².